The maximum absolute atomic E-state index is 13.5. The van der Waals surface area contributed by atoms with Crippen LogP contribution in [0.1, 0.15) is 25.3 Å². The lowest BCUT2D eigenvalue weighted by molar-refractivity contribution is -0.122. The zero-order valence-electron chi connectivity index (χ0n) is 18.7. The average Bonchev–Trinajstić information content (AvgIpc) is 2.83. The summed E-state index contributed by atoms with van der Waals surface area (Å²) in [6.07, 6.45) is -1.02. The van der Waals surface area contributed by atoms with Crippen LogP contribution < -0.4 is 19.1 Å². The van der Waals surface area contributed by atoms with Crippen LogP contribution in [0.25, 0.3) is 0 Å². The van der Waals surface area contributed by atoms with Gasteiger partial charge >= 0.3 is 0 Å². The Morgan fingerprint density at radius 1 is 1.03 bits per heavy atom. The topological polar surface area (TPSA) is 84.9 Å². The molecule has 0 saturated heterocycles. The number of carbonyl (C=O) groups excluding carboxylic acids is 1. The van der Waals surface area contributed by atoms with Crippen molar-refractivity contribution < 1.29 is 22.7 Å². The molecular formula is C25H26N2O5S. The van der Waals surface area contributed by atoms with Crippen molar-refractivity contribution in [3.8, 4) is 11.5 Å². The third-order valence-electron chi connectivity index (χ3n) is 5.52. The first-order valence-corrected chi connectivity index (χ1v) is 12.1. The molecule has 1 N–H and O–H groups in total. The number of nitrogens with one attached hydrogen (secondary N) is 1. The molecule has 3 aromatic carbocycles. The first kappa shape index (κ1) is 22.7. The summed E-state index contributed by atoms with van der Waals surface area (Å²) in [6, 6.07) is 20.5. The lowest BCUT2D eigenvalue weighted by Gasteiger charge is -2.34. The molecule has 0 fully saturated rings. The van der Waals surface area contributed by atoms with Gasteiger partial charge in [0.05, 0.1) is 24.2 Å². The molecular weight excluding hydrogens is 440 g/mol. The fourth-order valence-electron chi connectivity index (χ4n) is 3.77. The maximum Gasteiger partial charge on any atom is 0.267 e. The van der Waals surface area contributed by atoms with E-state index in [2.05, 4.69) is 5.32 Å². The van der Waals surface area contributed by atoms with Gasteiger partial charge < -0.3 is 14.8 Å². The molecule has 8 heteroatoms. The zero-order valence-corrected chi connectivity index (χ0v) is 19.5. The molecule has 0 unspecified atom stereocenters. The van der Waals surface area contributed by atoms with Gasteiger partial charge in [0.15, 0.2) is 6.10 Å². The predicted molar refractivity (Wildman–Crippen MR) is 128 cm³/mol. The zero-order chi connectivity index (χ0) is 23.6. The number of anilines is 2. The van der Waals surface area contributed by atoms with Crippen LogP contribution in [0.2, 0.25) is 0 Å². The number of benzene rings is 3. The normalized spacial score (nSPS) is 15.5. The van der Waals surface area contributed by atoms with E-state index in [9.17, 15) is 13.2 Å². The summed E-state index contributed by atoms with van der Waals surface area (Å²) in [4.78, 5) is 13.3. The molecule has 1 atom stereocenters. The van der Waals surface area contributed by atoms with Crippen LogP contribution in [-0.4, -0.2) is 34.1 Å². The molecule has 1 amide bonds. The smallest absolute Gasteiger partial charge is 0.267 e. The van der Waals surface area contributed by atoms with E-state index in [1.165, 1.54) is 23.5 Å². The Morgan fingerprint density at radius 3 is 2.39 bits per heavy atom. The van der Waals surface area contributed by atoms with Gasteiger partial charge in [-0.05, 0) is 53.9 Å². The average molecular weight is 467 g/mol. The van der Waals surface area contributed by atoms with Crippen LogP contribution in [-0.2, 0) is 14.8 Å². The van der Waals surface area contributed by atoms with Crippen LogP contribution >= 0.6 is 0 Å². The van der Waals surface area contributed by atoms with Crippen molar-refractivity contribution in [1.29, 1.82) is 0 Å². The number of hydrogen-bond donors (Lipinski definition) is 1. The number of carbonyl (C=O) groups is 1. The molecule has 33 heavy (non-hydrogen) atoms. The van der Waals surface area contributed by atoms with Crippen LogP contribution in [0.4, 0.5) is 11.4 Å². The molecule has 172 valence electrons. The summed E-state index contributed by atoms with van der Waals surface area (Å²) in [5.74, 6) is 0.685. The van der Waals surface area contributed by atoms with E-state index in [1.807, 2.05) is 38.1 Å². The minimum Gasteiger partial charge on any atom is -0.497 e. The van der Waals surface area contributed by atoms with Crippen molar-refractivity contribution >= 4 is 27.3 Å². The highest BCUT2D eigenvalue weighted by atomic mass is 32.2. The standard InChI is InChI=1S/C25H26N2O5S/c1-17(2)20-8-4-5-9-21(20)26-25(28)24-16-27(22-10-6-7-11-23(22)32-24)33(29,30)19-14-12-18(31-3)13-15-19/h4-15,17,24H,16H2,1-3H3,(H,26,28)/t24-/m0/s1. The molecule has 1 aliphatic rings. The van der Waals surface area contributed by atoms with E-state index in [0.29, 0.717) is 22.9 Å². The fraction of sp³-hybridized carbons (Fsp3) is 0.240. The van der Waals surface area contributed by atoms with Crippen molar-refractivity contribution in [2.75, 3.05) is 23.3 Å². The number of amides is 1. The molecule has 4 rings (SSSR count). The number of para-hydroxylation sites is 3. The number of methoxy groups -OCH3 is 1. The van der Waals surface area contributed by atoms with Crippen LogP contribution in [0, 0.1) is 0 Å². The van der Waals surface area contributed by atoms with Gasteiger partial charge in [0.25, 0.3) is 15.9 Å². The number of ether oxygens (including phenoxy) is 2. The highest BCUT2D eigenvalue weighted by Crippen LogP contribution is 2.37. The summed E-state index contributed by atoms with van der Waals surface area (Å²) in [5, 5.41) is 2.92. The highest BCUT2D eigenvalue weighted by Gasteiger charge is 2.37. The maximum atomic E-state index is 13.5. The second kappa shape index (κ2) is 9.15. The Kier molecular flexibility index (Phi) is 6.29. The number of fused-ring (bicyclic) bond motifs is 1. The van der Waals surface area contributed by atoms with Gasteiger partial charge in [-0.25, -0.2) is 8.42 Å². The van der Waals surface area contributed by atoms with Crippen molar-refractivity contribution in [3.05, 3.63) is 78.4 Å². The van der Waals surface area contributed by atoms with Gasteiger partial charge in [0.2, 0.25) is 0 Å². The third-order valence-corrected chi connectivity index (χ3v) is 7.31. The van der Waals surface area contributed by atoms with E-state index in [0.717, 1.165) is 5.56 Å². The molecule has 0 radical (unpaired) electrons. The Balaban J connectivity index is 1.66. The van der Waals surface area contributed by atoms with Crippen molar-refractivity contribution in [3.63, 3.8) is 0 Å². The molecule has 0 spiro atoms. The molecule has 1 heterocycles. The quantitative estimate of drug-likeness (QED) is 0.582. The second-order valence-corrected chi connectivity index (χ2v) is 9.88. The van der Waals surface area contributed by atoms with Crippen LogP contribution in [0.5, 0.6) is 11.5 Å². The van der Waals surface area contributed by atoms with Crippen LogP contribution in [0.15, 0.2) is 77.7 Å². The molecule has 7 nitrogen and oxygen atoms in total. The Morgan fingerprint density at radius 2 is 1.70 bits per heavy atom. The molecule has 0 aliphatic carbocycles. The lowest BCUT2D eigenvalue weighted by atomic mass is 10.0. The van der Waals surface area contributed by atoms with Gasteiger partial charge in [-0.3, -0.25) is 9.10 Å². The molecule has 0 saturated carbocycles. The number of nitrogens with zero attached hydrogens (tertiary/aromatic N) is 1. The van der Waals surface area contributed by atoms with E-state index in [-0.39, 0.29) is 17.4 Å². The van der Waals surface area contributed by atoms with E-state index >= 15 is 0 Å². The minimum absolute atomic E-state index is 0.101. The largest absolute Gasteiger partial charge is 0.497 e. The van der Waals surface area contributed by atoms with Gasteiger partial charge in [-0.1, -0.05) is 44.2 Å². The van der Waals surface area contributed by atoms with Gasteiger partial charge in [-0.15, -0.1) is 0 Å². The monoisotopic (exact) mass is 466 g/mol. The minimum atomic E-state index is -3.94. The SMILES string of the molecule is COc1ccc(S(=O)(=O)N2C[C@@H](C(=O)Nc3ccccc3C(C)C)Oc3ccccc32)cc1. The van der Waals surface area contributed by atoms with Crippen molar-refractivity contribution in [2.24, 2.45) is 0 Å². The molecule has 0 bridgehead atoms. The second-order valence-electron chi connectivity index (χ2n) is 8.02. The lowest BCUT2D eigenvalue weighted by Crippen LogP contribution is -2.48. The van der Waals surface area contributed by atoms with E-state index in [4.69, 9.17) is 9.47 Å². The van der Waals surface area contributed by atoms with Crippen LogP contribution in [0.3, 0.4) is 0 Å². The van der Waals surface area contributed by atoms with Gasteiger partial charge in [0.1, 0.15) is 11.5 Å². The first-order chi connectivity index (χ1) is 15.8. The summed E-state index contributed by atoms with van der Waals surface area (Å²) in [7, 11) is -2.43. The molecule has 3 aromatic rings. The summed E-state index contributed by atoms with van der Waals surface area (Å²) < 4.78 is 39.3. The third kappa shape index (κ3) is 4.52. The molecule has 0 aromatic heterocycles. The summed E-state index contributed by atoms with van der Waals surface area (Å²) >= 11 is 0. The first-order valence-electron chi connectivity index (χ1n) is 10.6. The number of hydrogen-bond acceptors (Lipinski definition) is 5. The van der Waals surface area contributed by atoms with Gasteiger partial charge in [0, 0.05) is 5.69 Å². The Labute approximate surface area is 194 Å². The number of rotatable bonds is 6. The number of sulfonamides is 1. The van der Waals surface area contributed by atoms with Crippen molar-refractivity contribution in [1.82, 2.24) is 0 Å². The Bertz CT molecular complexity index is 1260. The van der Waals surface area contributed by atoms with Gasteiger partial charge in [-0.2, -0.15) is 0 Å². The molecule has 1 aliphatic heterocycles. The van der Waals surface area contributed by atoms with E-state index < -0.39 is 22.0 Å². The van der Waals surface area contributed by atoms with E-state index in [1.54, 1.807) is 36.4 Å². The predicted octanol–water partition coefficient (Wildman–Crippen LogP) is 4.41. The fourth-order valence-corrected chi connectivity index (χ4v) is 5.24. The Hall–Kier alpha value is -3.52. The summed E-state index contributed by atoms with van der Waals surface area (Å²) in [5.41, 5.74) is 2.06. The highest BCUT2D eigenvalue weighted by molar-refractivity contribution is 7.92. The summed E-state index contributed by atoms with van der Waals surface area (Å²) in [6.45, 7) is 3.93. The van der Waals surface area contributed by atoms with Crippen molar-refractivity contribution in [2.45, 2.75) is 30.8 Å².